The standard InChI is InChI=1S/C18H11F7O4/c19-11-1-9(18-26-5-8(6-27-18)7-28-18)2-12(20)15(11)17(24,25)29-10-3-13(21)16(23)14(22)4-10/h1-4,8H,5-7H2. The van der Waals surface area contributed by atoms with Crippen molar-refractivity contribution in [3.63, 3.8) is 0 Å². The van der Waals surface area contributed by atoms with Crippen molar-refractivity contribution in [1.29, 1.82) is 0 Å². The van der Waals surface area contributed by atoms with Crippen LogP contribution in [0, 0.1) is 35.0 Å². The first kappa shape index (κ1) is 19.9. The number of hydrogen-bond donors (Lipinski definition) is 0. The third-order valence-corrected chi connectivity index (χ3v) is 4.42. The second-order valence-corrected chi connectivity index (χ2v) is 6.49. The quantitative estimate of drug-likeness (QED) is 0.542. The van der Waals surface area contributed by atoms with Gasteiger partial charge in [-0.3, -0.25) is 0 Å². The molecule has 0 amide bonds. The first-order chi connectivity index (χ1) is 13.6. The SMILES string of the molecule is Fc1cc(OC(F)(F)c2c(F)cc(C34OCC(CO3)CO4)cc2F)cc(F)c1F. The van der Waals surface area contributed by atoms with Crippen LogP contribution in [0.1, 0.15) is 11.1 Å². The van der Waals surface area contributed by atoms with Gasteiger partial charge in [0.25, 0.3) is 0 Å². The molecular weight excluding hydrogens is 413 g/mol. The molecule has 0 radical (unpaired) electrons. The predicted molar refractivity (Wildman–Crippen MR) is 80.2 cm³/mol. The second-order valence-electron chi connectivity index (χ2n) is 6.49. The van der Waals surface area contributed by atoms with Crippen molar-refractivity contribution in [2.45, 2.75) is 12.1 Å². The van der Waals surface area contributed by atoms with Gasteiger partial charge in [-0.15, -0.1) is 0 Å². The molecule has 5 rings (SSSR count). The fourth-order valence-electron chi connectivity index (χ4n) is 3.02. The van der Waals surface area contributed by atoms with Crippen LogP contribution in [0.15, 0.2) is 24.3 Å². The fraction of sp³-hybridized carbons (Fsp3) is 0.333. The second kappa shape index (κ2) is 6.85. The smallest absolute Gasteiger partial charge is 0.429 e. The molecule has 0 atom stereocenters. The molecule has 29 heavy (non-hydrogen) atoms. The number of ether oxygens (including phenoxy) is 4. The summed E-state index contributed by atoms with van der Waals surface area (Å²) in [6.07, 6.45) is -4.69. The summed E-state index contributed by atoms with van der Waals surface area (Å²) in [6.45, 7) is 0.559. The molecule has 3 fully saturated rings. The zero-order valence-corrected chi connectivity index (χ0v) is 14.3. The molecule has 11 heteroatoms. The summed E-state index contributed by atoms with van der Waals surface area (Å²) < 4.78 is 117. The van der Waals surface area contributed by atoms with E-state index in [-0.39, 0.29) is 43.4 Å². The number of alkyl halides is 2. The largest absolute Gasteiger partial charge is 0.432 e. The van der Waals surface area contributed by atoms with Gasteiger partial charge in [0.15, 0.2) is 17.5 Å². The number of rotatable bonds is 4. The molecule has 2 bridgehead atoms. The van der Waals surface area contributed by atoms with Crippen LogP contribution in [-0.2, 0) is 26.3 Å². The lowest BCUT2D eigenvalue weighted by atomic mass is 10.0. The van der Waals surface area contributed by atoms with Crippen molar-refractivity contribution < 1.29 is 49.7 Å². The highest BCUT2D eigenvalue weighted by molar-refractivity contribution is 5.32. The van der Waals surface area contributed by atoms with Crippen LogP contribution in [0.2, 0.25) is 0 Å². The lowest BCUT2D eigenvalue weighted by molar-refractivity contribution is -0.460. The van der Waals surface area contributed by atoms with Crippen LogP contribution < -0.4 is 4.74 Å². The Hall–Kier alpha value is -2.37. The van der Waals surface area contributed by atoms with E-state index in [0.717, 1.165) is 0 Å². The van der Waals surface area contributed by atoms with Crippen LogP contribution in [0.3, 0.4) is 0 Å². The summed E-state index contributed by atoms with van der Waals surface area (Å²) in [5.74, 6) is -12.2. The summed E-state index contributed by atoms with van der Waals surface area (Å²) in [5.41, 5.74) is -2.16. The highest BCUT2D eigenvalue weighted by atomic mass is 19.3. The molecule has 2 aromatic carbocycles. The molecule has 4 nitrogen and oxygen atoms in total. The number of fused-ring (bicyclic) bond motifs is 3. The van der Waals surface area contributed by atoms with Crippen molar-refractivity contribution >= 4 is 0 Å². The van der Waals surface area contributed by atoms with Gasteiger partial charge < -0.3 is 18.9 Å². The maximum atomic E-state index is 14.4. The molecule has 3 aliphatic rings. The number of benzene rings is 2. The predicted octanol–water partition coefficient (Wildman–Crippen LogP) is 4.31. The number of hydrogen-bond acceptors (Lipinski definition) is 4. The van der Waals surface area contributed by atoms with Crippen molar-refractivity contribution in [1.82, 2.24) is 0 Å². The van der Waals surface area contributed by atoms with Gasteiger partial charge in [-0.1, -0.05) is 0 Å². The summed E-state index contributed by atoms with van der Waals surface area (Å²) >= 11 is 0. The van der Waals surface area contributed by atoms with Crippen LogP contribution >= 0.6 is 0 Å². The van der Waals surface area contributed by atoms with E-state index < -0.39 is 52.5 Å². The van der Waals surface area contributed by atoms with Gasteiger partial charge in [-0.2, -0.15) is 8.78 Å². The molecule has 0 aromatic heterocycles. The van der Waals surface area contributed by atoms with Crippen molar-refractivity contribution in [3.05, 3.63) is 64.5 Å². The average Bonchev–Trinajstić information content (AvgIpc) is 2.66. The van der Waals surface area contributed by atoms with Crippen LogP contribution in [0.4, 0.5) is 30.7 Å². The molecule has 2 aromatic rings. The monoisotopic (exact) mass is 424 g/mol. The van der Waals surface area contributed by atoms with Gasteiger partial charge in [0.2, 0.25) is 0 Å². The lowest BCUT2D eigenvalue weighted by Gasteiger charge is -2.45. The van der Waals surface area contributed by atoms with E-state index in [0.29, 0.717) is 12.1 Å². The summed E-state index contributed by atoms with van der Waals surface area (Å²) in [4.78, 5) is 0. The Labute approximate surface area is 158 Å². The van der Waals surface area contributed by atoms with Gasteiger partial charge in [-0.25, -0.2) is 22.0 Å². The zero-order valence-electron chi connectivity index (χ0n) is 14.3. The zero-order chi connectivity index (χ0) is 21.0. The molecule has 3 saturated heterocycles. The van der Waals surface area contributed by atoms with Gasteiger partial charge >= 0.3 is 12.1 Å². The van der Waals surface area contributed by atoms with E-state index in [1.54, 1.807) is 0 Å². The van der Waals surface area contributed by atoms with Crippen molar-refractivity contribution in [2.75, 3.05) is 19.8 Å². The van der Waals surface area contributed by atoms with E-state index >= 15 is 0 Å². The van der Waals surface area contributed by atoms with Crippen LogP contribution in [0.5, 0.6) is 5.75 Å². The Balaban J connectivity index is 1.67. The minimum absolute atomic E-state index is 0.0555. The van der Waals surface area contributed by atoms with Gasteiger partial charge in [0.1, 0.15) is 22.9 Å². The Bertz CT molecular complexity index is 897. The Morgan fingerprint density at radius 3 is 1.76 bits per heavy atom. The molecule has 0 saturated carbocycles. The molecule has 0 N–H and O–H groups in total. The average molecular weight is 424 g/mol. The van der Waals surface area contributed by atoms with Gasteiger partial charge in [-0.05, 0) is 12.1 Å². The molecule has 156 valence electrons. The third kappa shape index (κ3) is 3.43. The molecule has 3 heterocycles. The van der Waals surface area contributed by atoms with E-state index in [1.807, 2.05) is 0 Å². The maximum absolute atomic E-state index is 14.4. The topological polar surface area (TPSA) is 36.9 Å². The van der Waals surface area contributed by atoms with Crippen LogP contribution in [0.25, 0.3) is 0 Å². The van der Waals surface area contributed by atoms with E-state index in [2.05, 4.69) is 4.74 Å². The Morgan fingerprint density at radius 1 is 0.793 bits per heavy atom. The highest BCUT2D eigenvalue weighted by Gasteiger charge is 2.49. The van der Waals surface area contributed by atoms with E-state index in [1.165, 1.54) is 0 Å². The first-order valence-corrected chi connectivity index (χ1v) is 8.24. The summed E-state index contributed by atoms with van der Waals surface area (Å²) in [6, 6.07) is 1.28. The Morgan fingerprint density at radius 2 is 1.28 bits per heavy atom. The Kier molecular flexibility index (Phi) is 4.71. The lowest BCUT2D eigenvalue weighted by Crippen LogP contribution is -2.51. The first-order valence-electron chi connectivity index (χ1n) is 8.24. The minimum atomic E-state index is -4.69. The molecule has 3 aliphatic heterocycles. The van der Waals surface area contributed by atoms with Crippen LogP contribution in [-0.4, -0.2) is 19.8 Å². The maximum Gasteiger partial charge on any atom is 0.432 e. The van der Waals surface area contributed by atoms with Crippen molar-refractivity contribution in [2.24, 2.45) is 5.92 Å². The van der Waals surface area contributed by atoms with E-state index in [4.69, 9.17) is 14.2 Å². The fourth-order valence-corrected chi connectivity index (χ4v) is 3.02. The van der Waals surface area contributed by atoms with Gasteiger partial charge in [0, 0.05) is 23.6 Å². The van der Waals surface area contributed by atoms with Gasteiger partial charge in [0.05, 0.1) is 19.8 Å². The van der Waals surface area contributed by atoms with Crippen molar-refractivity contribution in [3.8, 4) is 5.75 Å². The minimum Gasteiger partial charge on any atom is -0.429 e. The normalized spacial score (nSPS) is 24.0. The highest BCUT2D eigenvalue weighted by Crippen LogP contribution is 2.42. The molecular formula is C18H11F7O4. The summed E-state index contributed by atoms with van der Waals surface area (Å²) in [5, 5.41) is 0. The summed E-state index contributed by atoms with van der Waals surface area (Å²) in [7, 11) is 0. The third-order valence-electron chi connectivity index (χ3n) is 4.42. The molecule has 0 unspecified atom stereocenters. The molecule has 0 spiro atoms. The number of halogens is 7. The van der Waals surface area contributed by atoms with E-state index in [9.17, 15) is 30.7 Å². The molecule has 0 aliphatic carbocycles.